The van der Waals surface area contributed by atoms with E-state index in [0.717, 1.165) is 18.6 Å². The van der Waals surface area contributed by atoms with Gasteiger partial charge in [0.1, 0.15) is 11.9 Å². The Bertz CT molecular complexity index is 475. The lowest BCUT2D eigenvalue weighted by atomic mass is 10.1. The molecule has 3 rings (SSSR count). The normalized spacial score (nSPS) is 22.1. The largest absolute Gasteiger partial charge is 0.489 e. The van der Waals surface area contributed by atoms with E-state index in [1.807, 2.05) is 6.07 Å². The fourth-order valence-electron chi connectivity index (χ4n) is 2.80. The van der Waals surface area contributed by atoms with Gasteiger partial charge >= 0.3 is 5.37 Å². The zero-order valence-corrected chi connectivity index (χ0v) is 10.9. The van der Waals surface area contributed by atoms with E-state index in [2.05, 4.69) is 12.1 Å². The number of benzene rings is 1. The third-order valence-corrected chi connectivity index (χ3v) is 4.01. The third kappa shape index (κ3) is 2.32. The summed E-state index contributed by atoms with van der Waals surface area (Å²) in [6.07, 6.45) is 4.52. The summed E-state index contributed by atoms with van der Waals surface area (Å²) < 4.78 is 5.93. The maximum Gasteiger partial charge on any atom is 0.316 e. The fourth-order valence-corrected chi connectivity index (χ4v) is 2.95. The number of nitrogens with zero attached hydrogens (tertiary/aromatic N) is 1. The number of halogens is 1. The number of carbonyl (C=O) groups is 1. The van der Waals surface area contributed by atoms with E-state index in [9.17, 15) is 4.79 Å². The highest BCUT2D eigenvalue weighted by molar-refractivity contribution is 6.62. The molecule has 0 radical (unpaired) electrons. The molecule has 0 saturated carbocycles. The smallest absolute Gasteiger partial charge is 0.316 e. The summed E-state index contributed by atoms with van der Waals surface area (Å²) in [7, 11) is 0. The van der Waals surface area contributed by atoms with Crippen LogP contribution < -0.4 is 4.74 Å². The molecule has 3 nitrogen and oxygen atoms in total. The average Bonchev–Trinajstić information content (AvgIpc) is 2.96. The molecule has 1 amide bonds. The number of amides is 1. The van der Waals surface area contributed by atoms with E-state index in [1.165, 1.54) is 24.0 Å². The maximum absolute atomic E-state index is 11.0. The van der Waals surface area contributed by atoms with Gasteiger partial charge in [-0.15, -0.1) is 0 Å². The number of likely N-dealkylation sites (tertiary alicyclic amines) is 1. The van der Waals surface area contributed by atoms with Crippen molar-refractivity contribution >= 4 is 17.0 Å². The van der Waals surface area contributed by atoms with Crippen molar-refractivity contribution in [1.29, 1.82) is 0 Å². The van der Waals surface area contributed by atoms with Crippen LogP contribution in [-0.4, -0.2) is 29.5 Å². The highest BCUT2D eigenvalue weighted by Gasteiger charge is 2.26. The molecule has 1 aromatic rings. The van der Waals surface area contributed by atoms with E-state index in [1.54, 1.807) is 4.90 Å². The molecule has 2 aliphatic rings. The van der Waals surface area contributed by atoms with Crippen molar-refractivity contribution in [3.63, 3.8) is 0 Å². The number of carbonyl (C=O) groups excluding carboxylic acids is 1. The van der Waals surface area contributed by atoms with Crippen molar-refractivity contribution in [2.24, 2.45) is 0 Å². The number of ether oxygens (including phenoxy) is 1. The van der Waals surface area contributed by atoms with Gasteiger partial charge in [-0.2, -0.15) is 0 Å². The topological polar surface area (TPSA) is 29.5 Å². The molecule has 0 bridgehead atoms. The number of hydrogen-bond acceptors (Lipinski definition) is 2. The first-order chi connectivity index (χ1) is 8.72. The molecule has 1 fully saturated rings. The minimum atomic E-state index is -0.380. The summed E-state index contributed by atoms with van der Waals surface area (Å²) >= 11 is 5.46. The molecule has 1 atom stereocenters. The van der Waals surface area contributed by atoms with Crippen LogP contribution in [0.15, 0.2) is 18.2 Å². The van der Waals surface area contributed by atoms with Crippen molar-refractivity contribution in [3.8, 4) is 5.75 Å². The van der Waals surface area contributed by atoms with Gasteiger partial charge in [-0.25, -0.2) is 0 Å². The zero-order valence-electron chi connectivity index (χ0n) is 10.2. The molecule has 0 N–H and O–H groups in total. The summed E-state index contributed by atoms with van der Waals surface area (Å²) in [4.78, 5) is 12.7. The second-order valence-corrected chi connectivity index (χ2v) is 5.33. The minimum Gasteiger partial charge on any atom is -0.489 e. The first-order valence-corrected chi connectivity index (χ1v) is 6.83. The van der Waals surface area contributed by atoms with Crippen molar-refractivity contribution in [1.82, 2.24) is 4.90 Å². The van der Waals surface area contributed by atoms with Crippen molar-refractivity contribution in [2.75, 3.05) is 13.1 Å². The van der Waals surface area contributed by atoms with Crippen LogP contribution in [0.2, 0.25) is 0 Å². The van der Waals surface area contributed by atoms with Gasteiger partial charge in [0.2, 0.25) is 0 Å². The standard InChI is InChI=1S/C14H16ClNO2/c15-14(17)16-7-6-13(9-16)18-12-5-4-10-2-1-3-11(10)8-12/h4-5,8,13H,1-3,6-7,9H2. The highest BCUT2D eigenvalue weighted by atomic mass is 35.5. The molecule has 96 valence electrons. The monoisotopic (exact) mass is 265 g/mol. The Morgan fingerprint density at radius 1 is 1.33 bits per heavy atom. The van der Waals surface area contributed by atoms with Crippen LogP contribution in [0.25, 0.3) is 0 Å². The van der Waals surface area contributed by atoms with Gasteiger partial charge in [0, 0.05) is 13.0 Å². The number of fused-ring (bicyclic) bond motifs is 1. The molecule has 0 aromatic heterocycles. The summed E-state index contributed by atoms with van der Waals surface area (Å²) in [6.45, 7) is 1.29. The first kappa shape index (κ1) is 11.8. The van der Waals surface area contributed by atoms with E-state index in [0.29, 0.717) is 13.1 Å². The number of aryl methyl sites for hydroxylation is 2. The quantitative estimate of drug-likeness (QED) is 0.608. The zero-order chi connectivity index (χ0) is 12.5. The molecular formula is C14H16ClNO2. The molecule has 1 aromatic carbocycles. The van der Waals surface area contributed by atoms with Gasteiger partial charge in [-0.3, -0.25) is 4.79 Å². The van der Waals surface area contributed by atoms with Gasteiger partial charge in [-0.1, -0.05) is 6.07 Å². The Kier molecular flexibility index (Phi) is 3.16. The van der Waals surface area contributed by atoms with Crippen LogP contribution in [0.3, 0.4) is 0 Å². The predicted molar refractivity (Wildman–Crippen MR) is 70.3 cm³/mol. The fraction of sp³-hybridized carbons (Fsp3) is 0.500. The van der Waals surface area contributed by atoms with Gasteiger partial charge in [0.15, 0.2) is 0 Å². The van der Waals surface area contributed by atoms with Crippen molar-refractivity contribution < 1.29 is 9.53 Å². The average molecular weight is 266 g/mol. The molecule has 1 unspecified atom stereocenters. The molecule has 1 aliphatic heterocycles. The SMILES string of the molecule is O=C(Cl)N1CCC(Oc2ccc3c(c2)CCC3)C1. The number of rotatable bonds is 2. The lowest BCUT2D eigenvalue weighted by Gasteiger charge is -2.15. The maximum atomic E-state index is 11.0. The van der Waals surface area contributed by atoms with Crippen molar-refractivity contribution in [2.45, 2.75) is 31.8 Å². The van der Waals surface area contributed by atoms with E-state index in [-0.39, 0.29) is 11.5 Å². The van der Waals surface area contributed by atoms with Crippen LogP contribution in [0, 0.1) is 0 Å². The predicted octanol–water partition coefficient (Wildman–Crippen LogP) is 2.99. The van der Waals surface area contributed by atoms with Crippen LogP contribution >= 0.6 is 11.6 Å². The first-order valence-electron chi connectivity index (χ1n) is 6.45. The highest BCUT2D eigenvalue weighted by Crippen LogP contribution is 2.27. The van der Waals surface area contributed by atoms with Gasteiger partial charge in [0.25, 0.3) is 0 Å². The summed E-state index contributed by atoms with van der Waals surface area (Å²) in [5, 5.41) is -0.380. The number of hydrogen-bond donors (Lipinski definition) is 0. The summed E-state index contributed by atoms with van der Waals surface area (Å²) in [5.74, 6) is 0.921. The molecule has 18 heavy (non-hydrogen) atoms. The van der Waals surface area contributed by atoms with E-state index >= 15 is 0 Å². The van der Waals surface area contributed by atoms with Crippen LogP contribution in [0.5, 0.6) is 5.75 Å². The van der Waals surface area contributed by atoms with E-state index in [4.69, 9.17) is 16.3 Å². The Hall–Kier alpha value is -1.22. The Morgan fingerprint density at radius 3 is 2.94 bits per heavy atom. The summed E-state index contributed by atoms with van der Waals surface area (Å²) in [6, 6.07) is 6.35. The van der Waals surface area contributed by atoms with Crippen molar-refractivity contribution in [3.05, 3.63) is 29.3 Å². The molecule has 1 saturated heterocycles. The second-order valence-electron chi connectivity index (χ2n) is 5.01. The van der Waals surface area contributed by atoms with Crippen LogP contribution in [0.1, 0.15) is 24.0 Å². The molecule has 4 heteroatoms. The van der Waals surface area contributed by atoms with Gasteiger partial charge < -0.3 is 9.64 Å². The Morgan fingerprint density at radius 2 is 2.17 bits per heavy atom. The Labute approximate surface area is 112 Å². The van der Waals surface area contributed by atoms with Gasteiger partial charge in [0.05, 0.1) is 6.54 Å². The Balaban J connectivity index is 1.65. The van der Waals surface area contributed by atoms with Crippen LogP contribution in [-0.2, 0) is 12.8 Å². The lowest BCUT2D eigenvalue weighted by Crippen LogP contribution is -2.26. The molecular weight excluding hydrogens is 250 g/mol. The van der Waals surface area contributed by atoms with Crippen LogP contribution in [0.4, 0.5) is 4.79 Å². The molecule has 1 aliphatic carbocycles. The molecule has 0 spiro atoms. The lowest BCUT2D eigenvalue weighted by molar-refractivity contribution is 0.199. The third-order valence-electron chi connectivity index (χ3n) is 3.77. The van der Waals surface area contributed by atoms with E-state index < -0.39 is 0 Å². The minimum absolute atomic E-state index is 0.0761. The second kappa shape index (κ2) is 4.81. The van der Waals surface area contributed by atoms with Gasteiger partial charge in [-0.05, 0) is 54.1 Å². The molecule has 1 heterocycles. The summed E-state index contributed by atoms with van der Waals surface area (Å²) in [5.41, 5.74) is 2.86.